The van der Waals surface area contributed by atoms with Crippen molar-refractivity contribution >= 4 is 11.8 Å². The zero-order valence-electron chi connectivity index (χ0n) is 9.07. The number of aliphatic carboxylic acids is 1. The molecule has 0 aromatic rings. The van der Waals surface area contributed by atoms with Crippen LogP contribution in [0.5, 0.6) is 0 Å². The molecular formula is C11H18O4. The second-order valence-corrected chi connectivity index (χ2v) is 4.11. The minimum absolute atomic E-state index is 0.0414. The van der Waals surface area contributed by atoms with E-state index >= 15 is 0 Å². The number of ether oxygens (including phenoxy) is 1. The molecule has 0 aromatic carbocycles. The Labute approximate surface area is 89.6 Å². The van der Waals surface area contributed by atoms with Crippen molar-refractivity contribution in [1.29, 1.82) is 0 Å². The average Bonchev–Trinajstić information content (AvgIpc) is 2.18. The molecule has 0 amide bonds. The molecule has 0 saturated carbocycles. The third kappa shape index (κ3) is 4.42. The Balaban J connectivity index is 2.26. The highest BCUT2D eigenvalue weighted by atomic mass is 16.5. The van der Waals surface area contributed by atoms with Gasteiger partial charge in [0.25, 0.3) is 0 Å². The van der Waals surface area contributed by atoms with Gasteiger partial charge in [-0.3, -0.25) is 9.59 Å². The first-order chi connectivity index (χ1) is 7.09. The van der Waals surface area contributed by atoms with Gasteiger partial charge in [-0.15, -0.1) is 0 Å². The van der Waals surface area contributed by atoms with Gasteiger partial charge in [-0.25, -0.2) is 0 Å². The first-order valence-electron chi connectivity index (χ1n) is 5.44. The van der Waals surface area contributed by atoms with E-state index in [1.807, 2.05) is 6.92 Å². The molecule has 0 aliphatic carbocycles. The summed E-state index contributed by atoms with van der Waals surface area (Å²) in [4.78, 5) is 21.7. The molecule has 86 valence electrons. The normalized spacial score (nSPS) is 26.2. The number of Topliss-reactive ketones (excluding diaryl/α,β-unsaturated/α-hetero) is 1. The van der Waals surface area contributed by atoms with E-state index in [-0.39, 0.29) is 30.6 Å². The van der Waals surface area contributed by atoms with Crippen LogP contribution in [0.2, 0.25) is 0 Å². The molecule has 1 N–H and O–H groups in total. The van der Waals surface area contributed by atoms with Crippen LogP contribution in [-0.4, -0.2) is 29.6 Å². The van der Waals surface area contributed by atoms with E-state index < -0.39 is 5.97 Å². The Morgan fingerprint density at radius 2 is 2.13 bits per heavy atom. The molecule has 4 nitrogen and oxygen atoms in total. The van der Waals surface area contributed by atoms with E-state index in [9.17, 15) is 9.59 Å². The first kappa shape index (κ1) is 12.2. The molecular weight excluding hydrogens is 196 g/mol. The highest BCUT2D eigenvalue weighted by Crippen LogP contribution is 2.24. The van der Waals surface area contributed by atoms with Crippen molar-refractivity contribution in [3.05, 3.63) is 0 Å². The fourth-order valence-electron chi connectivity index (χ4n) is 1.89. The van der Waals surface area contributed by atoms with Gasteiger partial charge in [0.15, 0.2) is 0 Å². The third-order valence-electron chi connectivity index (χ3n) is 2.87. The lowest BCUT2D eigenvalue weighted by Crippen LogP contribution is -2.28. The third-order valence-corrected chi connectivity index (χ3v) is 2.87. The van der Waals surface area contributed by atoms with E-state index in [0.29, 0.717) is 6.42 Å². The molecule has 15 heavy (non-hydrogen) atoms. The Bertz CT molecular complexity index is 237. The summed E-state index contributed by atoms with van der Waals surface area (Å²) in [5.74, 6) is -0.587. The fraction of sp³-hybridized carbons (Fsp3) is 0.818. The summed E-state index contributed by atoms with van der Waals surface area (Å²) < 4.78 is 5.45. The standard InChI is InChI=1S/C11H18O4/c1-8-9(3-2-6-15-8)7-10(12)4-5-11(13)14/h8-9H,2-7H2,1H3,(H,13,14)/t8-,9-/m1/s1. The molecule has 1 fully saturated rings. The molecule has 1 aliphatic heterocycles. The molecule has 0 unspecified atom stereocenters. The van der Waals surface area contributed by atoms with Crippen LogP contribution in [0.1, 0.15) is 39.0 Å². The summed E-state index contributed by atoms with van der Waals surface area (Å²) in [6, 6.07) is 0. The summed E-state index contributed by atoms with van der Waals surface area (Å²) in [7, 11) is 0. The van der Waals surface area contributed by atoms with Crippen LogP contribution in [0.3, 0.4) is 0 Å². The topological polar surface area (TPSA) is 63.6 Å². The van der Waals surface area contributed by atoms with Gasteiger partial charge in [0.05, 0.1) is 12.5 Å². The number of carboxylic acids is 1. The molecule has 1 saturated heterocycles. The Kier molecular flexibility index (Phi) is 4.75. The van der Waals surface area contributed by atoms with Crippen molar-refractivity contribution in [3.63, 3.8) is 0 Å². The van der Waals surface area contributed by atoms with Crippen molar-refractivity contribution in [2.24, 2.45) is 5.92 Å². The zero-order chi connectivity index (χ0) is 11.3. The van der Waals surface area contributed by atoms with Crippen LogP contribution in [0.15, 0.2) is 0 Å². The highest BCUT2D eigenvalue weighted by molar-refractivity contribution is 5.82. The average molecular weight is 214 g/mol. The molecule has 1 heterocycles. The van der Waals surface area contributed by atoms with E-state index in [4.69, 9.17) is 9.84 Å². The zero-order valence-corrected chi connectivity index (χ0v) is 9.07. The van der Waals surface area contributed by atoms with Gasteiger partial charge < -0.3 is 9.84 Å². The largest absolute Gasteiger partial charge is 0.481 e. The molecule has 4 heteroatoms. The van der Waals surface area contributed by atoms with Crippen LogP contribution < -0.4 is 0 Å². The van der Waals surface area contributed by atoms with Crippen molar-refractivity contribution < 1.29 is 19.4 Å². The summed E-state index contributed by atoms with van der Waals surface area (Å²) in [5.41, 5.74) is 0. The number of ketones is 1. The van der Waals surface area contributed by atoms with E-state index in [2.05, 4.69) is 0 Å². The number of hydrogen-bond acceptors (Lipinski definition) is 3. The second kappa shape index (κ2) is 5.85. The summed E-state index contributed by atoms with van der Waals surface area (Å²) in [6.45, 7) is 2.76. The lowest BCUT2D eigenvalue weighted by Gasteiger charge is -2.28. The summed E-state index contributed by atoms with van der Waals surface area (Å²) in [6.07, 6.45) is 2.71. The highest BCUT2D eigenvalue weighted by Gasteiger charge is 2.24. The monoisotopic (exact) mass is 214 g/mol. The van der Waals surface area contributed by atoms with Crippen molar-refractivity contribution in [1.82, 2.24) is 0 Å². The molecule has 2 atom stereocenters. The number of carbonyl (C=O) groups is 2. The minimum Gasteiger partial charge on any atom is -0.481 e. The van der Waals surface area contributed by atoms with Gasteiger partial charge in [-0.1, -0.05) is 0 Å². The van der Waals surface area contributed by atoms with E-state index in [1.165, 1.54) is 0 Å². The predicted molar refractivity (Wildman–Crippen MR) is 54.6 cm³/mol. The number of hydrogen-bond donors (Lipinski definition) is 1. The lowest BCUT2D eigenvalue weighted by atomic mass is 9.89. The van der Waals surface area contributed by atoms with Gasteiger partial charge in [0.1, 0.15) is 5.78 Å². The van der Waals surface area contributed by atoms with Gasteiger partial charge in [0, 0.05) is 19.4 Å². The summed E-state index contributed by atoms with van der Waals surface area (Å²) in [5, 5.41) is 8.44. The Morgan fingerprint density at radius 3 is 2.73 bits per heavy atom. The molecule has 1 aliphatic rings. The smallest absolute Gasteiger partial charge is 0.303 e. The van der Waals surface area contributed by atoms with Gasteiger partial charge in [-0.2, -0.15) is 0 Å². The van der Waals surface area contributed by atoms with Crippen LogP contribution in [0.4, 0.5) is 0 Å². The molecule has 1 rings (SSSR count). The molecule has 0 radical (unpaired) electrons. The van der Waals surface area contributed by atoms with Crippen molar-refractivity contribution in [3.8, 4) is 0 Å². The van der Waals surface area contributed by atoms with Crippen LogP contribution in [0.25, 0.3) is 0 Å². The number of carboxylic acid groups (broad SMARTS) is 1. The predicted octanol–water partition coefficient (Wildman–Crippen LogP) is 1.63. The quantitative estimate of drug-likeness (QED) is 0.755. The Morgan fingerprint density at radius 1 is 1.40 bits per heavy atom. The van der Waals surface area contributed by atoms with Crippen molar-refractivity contribution in [2.75, 3.05) is 6.61 Å². The minimum atomic E-state index is -0.906. The maximum atomic E-state index is 11.4. The van der Waals surface area contributed by atoms with Crippen LogP contribution in [-0.2, 0) is 14.3 Å². The Hall–Kier alpha value is -0.900. The SMILES string of the molecule is C[C@H]1OCCC[C@@H]1CC(=O)CCC(=O)O. The van der Waals surface area contributed by atoms with Gasteiger partial charge in [0.2, 0.25) is 0 Å². The van der Waals surface area contributed by atoms with Gasteiger partial charge in [-0.05, 0) is 25.7 Å². The first-order valence-corrected chi connectivity index (χ1v) is 5.44. The van der Waals surface area contributed by atoms with E-state index in [1.54, 1.807) is 0 Å². The van der Waals surface area contributed by atoms with Gasteiger partial charge >= 0.3 is 5.97 Å². The lowest BCUT2D eigenvalue weighted by molar-refractivity contribution is -0.138. The maximum absolute atomic E-state index is 11.4. The second-order valence-electron chi connectivity index (χ2n) is 4.11. The number of carbonyl (C=O) groups excluding carboxylic acids is 1. The maximum Gasteiger partial charge on any atom is 0.303 e. The molecule has 0 aromatic heterocycles. The number of rotatable bonds is 5. The van der Waals surface area contributed by atoms with Crippen LogP contribution in [0, 0.1) is 5.92 Å². The molecule has 0 spiro atoms. The molecule has 0 bridgehead atoms. The van der Waals surface area contributed by atoms with E-state index in [0.717, 1.165) is 19.4 Å². The van der Waals surface area contributed by atoms with Crippen LogP contribution >= 0.6 is 0 Å². The fourth-order valence-corrected chi connectivity index (χ4v) is 1.89. The summed E-state index contributed by atoms with van der Waals surface area (Å²) >= 11 is 0. The van der Waals surface area contributed by atoms with Crippen molar-refractivity contribution in [2.45, 2.75) is 45.1 Å².